The van der Waals surface area contributed by atoms with Crippen LogP contribution in [0.4, 0.5) is 22.9 Å². The molecule has 2 N–H and O–H groups in total. The van der Waals surface area contributed by atoms with Gasteiger partial charge in [-0.25, -0.2) is 0 Å². The van der Waals surface area contributed by atoms with Crippen LogP contribution in [-0.2, 0) is 4.79 Å². The lowest BCUT2D eigenvalue weighted by Gasteiger charge is -2.23. The molecule has 15 heteroatoms. The molecule has 0 aliphatic rings. The third-order valence-corrected chi connectivity index (χ3v) is 4.60. The molecule has 180 valence electrons. The number of hydrogen-bond donors (Lipinski definition) is 2. The first-order valence-corrected chi connectivity index (χ1v) is 9.50. The summed E-state index contributed by atoms with van der Waals surface area (Å²) in [5.74, 6) is -0.761. The number of hydrogen-bond acceptors (Lipinski definition) is 10. The molecule has 0 aliphatic heterocycles. The number of benzene rings is 1. The van der Waals surface area contributed by atoms with Crippen LogP contribution in [-0.4, -0.2) is 46.0 Å². The molecule has 0 fully saturated rings. The number of aromatic nitrogens is 1. The topological polar surface area (TPSA) is 212 Å². The van der Waals surface area contributed by atoms with E-state index >= 15 is 0 Å². The number of amides is 1. The molecule has 33 heavy (non-hydrogen) atoms. The van der Waals surface area contributed by atoms with Crippen molar-refractivity contribution in [3.05, 3.63) is 53.7 Å². The summed E-state index contributed by atoms with van der Waals surface area (Å²) in [5.41, 5.74) is -1.58. The Morgan fingerprint density at radius 1 is 1.03 bits per heavy atom. The van der Waals surface area contributed by atoms with E-state index in [1.165, 1.54) is 0 Å². The van der Waals surface area contributed by atoms with E-state index in [0.717, 1.165) is 16.2 Å². The lowest BCUT2D eigenvalue weighted by atomic mass is 10.0. The summed E-state index contributed by atoms with van der Waals surface area (Å²) in [5, 5.41) is 48.7. The highest BCUT2D eigenvalue weighted by Crippen LogP contribution is 2.36. The number of carbonyl (C=O) groups excluding carboxylic acids is 1. The van der Waals surface area contributed by atoms with Crippen molar-refractivity contribution in [2.45, 2.75) is 33.7 Å². The molecule has 0 saturated heterocycles. The first kappa shape index (κ1) is 26.9. The van der Waals surface area contributed by atoms with Crippen molar-refractivity contribution in [1.82, 2.24) is 5.16 Å². The maximum Gasteiger partial charge on any atom is 0.285 e. The van der Waals surface area contributed by atoms with E-state index in [4.69, 9.17) is 4.52 Å². The number of quaternary nitrogens is 1. The second kappa shape index (κ2) is 10.9. The molecule has 2 rings (SSSR count). The second-order valence-corrected chi connectivity index (χ2v) is 7.59. The van der Waals surface area contributed by atoms with Crippen molar-refractivity contribution in [2.24, 2.45) is 5.92 Å². The second-order valence-electron chi connectivity index (χ2n) is 7.59. The van der Waals surface area contributed by atoms with Crippen molar-refractivity contribution in [2.75, 3.05) is 19.4 Å². The smallest absolute Gasteiger partial charge is 0.285 e. The van der Waals surface area contributed by atoms with Crippen LogP contribution in [0.5, 0.6) is 5.75 Å². The molecular formula is C18H24N6O9. The summed E-state index contributed by atoms with van der Waals surface area (Å²) in [6, 6.07) is 0.671. The van der Waals surface area contributed by atoms with Crippen LogP contribution in [0.15, 0.2) is 16.7 Å². The summed E-state index contributed by atoms with van der Waals surface area (Å²) >= 11 is 0. The number of non-ortho nitro benzene ring substituents is 1. The predicted octanol–water partition coefficient (Wildman–Crippen LogP) is 0.884. The van der Waals surface area contributed by atoms with E-state index in [0.29, 0.717) is 18.0 Å². The van der Waals surface area contributed by atoms with Crippen molar-refractivity contribution < 1.29 is 34.1 Å². The average Bonchev–Trinajstić information content (AvgIpc) is 2.99. The molecule has 0 radical (unpaired) electrons. The van der Waals surface area contributed by atoms with Crippen LogP contribution in [0.25, 0.3) is 0 Å². The fourth-order valence-corrected chi connectivity index (χ4v) is 2.91. The van der Waals surface area contributed by atoms with Gasteiger partial charge in [-0.3, -0.25) is 40.5 Å². The number of nitro benzene ring substituents is 3. The molecule has 0 bridgehead atoms. The largest absolute Gasteiger partial charge is 0.863 e. The standard InChI is InChI=1S/C12H21N3O2.C6H3N3O7/c1-7(2)10(15(5)6)11(16)13-12-8(3)9(4)14-17-12;10-6-4(8(13)14)1-3(7(11)12)2-5(6)9(15)16/h7,10H,1-6H3,(H,13,16);1-2,10H. The minimum atomic E-state index is -1.46. The molecule has 0 spiro atoms. The fraction of sp³-hybridized carbons (Fsp3) is 0.444. The van der Waals surface area contributed by atoms with Crippen molar-refractivity contribution >= 4 is 28.9 Å². The van der Waals surface area contributed by atoms with Gasteiger partial charge < -0.3 is 14.5 Å². The normalized spacial score (nSPS) is 11.5. The quantitative estimate of drug-likeness (QED) is 0.432. The molecule has 0 saturated carbocycles. The maximum atomic E-state index is 12.1. The van der Waals surface area contributed by atoms with Crippen molar-refractivity contribution in [3.63, 3.8) is 0 Å². The molecule has 1 aromatic carbocycles. The van der Waals surface area contributed by atoms with Gasteiger partial charge in [-0.1, -0.05) is 19.0 Å². The molecule has 1 heterocycles. The third kappa shape index (κ3) is 6.67. The van der Waals surface area contributed by atoms with E-state index < -0.39 is 37.6 Å². The van der Waals surface area contributed by atoms with Gasteiger partial charge in [-0.15, -0.1) is 0 Å². The molecule has 15 nitrogen and oxygen atoms in total. The molecule has 1 unspecified atom stereocenters. The van der Waals surface area contributed by atoms with E-state index in [9.17, 15) is 40.2 Å². The van der Waals surface area contributed by atoms with Gasteiger partial charge >= 0.3 is 0 Å². The van der Waals surface area contributed by atoms with E-state index in [1.54, 1.807) is 0 Å². The van der Waals surface area contributed by atoms with Gasteiger partial charge in [0, 0.05) is 11.5 Å². The fourth-order valence-electron chi connectivity index (χ4n) is 2.91. The number of likely N-dealkylation sites (N-methyl/N-ethyl adjacent to an activating group) is 1. The zero-order valence-corrected chi connectivity index (χ0v) is 18.8. The summed E-state index contributed by atoms with van der Waals surface area (Å²) in [6.07, 6.45) is 0. The van der Waals surface area contributed by atoms with Gasteiger partial charge in [-0.2, -0.15) is 0 Å². The van der Waals surface area contributed by atoms with Gasteiger partial charge in [0.25, 0.3) is 23.0 Å². The summed E-state index contributed by atoms with van der Waals surface area (Å²) < 4.78 is 5.08. The Morgan fingerprint density at radius 3 is 1.82 bits per heavy atom. The van der Waals surface area contributed by atoms with Gasteiger partial charge in [0.2, 0.25) is 5.88 Å². The lowest BCUT2D eigenvalue weighted by Crippen LogP contribution is -3.12. The summed E-state index contributed by atoms with van der Waals surface area (Å²) in [4.78, 5) is 40.8. The highest BCUT2D eigenvalue weighted by molar-refractivity contribution is 5.93. The molecule has 1 aromatic heterocycles. The van der Waals surface area contributed by atoms with Crippen molar-refractivity contribution in [1.29, 1.82) is 0 Å². The highest BCUT2D eigenvalue weighted by atomic mass is 16.6. The van der Waals surface area contributed by atoms with Gasteiger partial charge in [0.05, 0.1) is 52.4 Å². The van der Waals surface area contributed by atoms with Gasteiger partial charge in [0.15, 0.2) is 6.04 Å². The average molecular weight is 468 g/mol. The van der Waals surface area contributed by atoms with E-state index in [-0.39, 0.29) is 17.9 Å². The number of nitro groups is 3. The number of anilines is 1. The Bertz CT molecular complexity index is 1020. The Kier molecular flexibility index (Phi) is 8.92. The molecule has 2 aromatic rings. The van der Waals surface area contributed by atoms with Crippen LogP contribution >= 0.6 is 0 Å². The number of rotatable bonds is 7. The minimum absolute atomic E-state index is 0.0285. The SMILES string of the molecule is Cc1noc(NC(=O)C(C(C)C)[NH+](C)C)c1C.O=[N+]([O-])c1cc([N+](=O)[O-])c([O-])c([N+](=O)[O-])c1. The summed E-state index contributed by atoms with van der Waals surface area (Å²) in [6.45, 7) is 7.81. The zero-order chi connectivity index (χ0) is 25.6. The zero-order valence-electron chi connectivity index (χ0n) is 18.8. The first-order chi connectivity index (χ1) is 15.2. The number of carbonyl (C=O) groups is 1. The minimum Gasteiger partial charge on any atom is -0.863 e. The third-order valence-electron chi connectivity index (χ3n) is 4.60. The van der Waals surface area contributed by atoms with Crippen LogP contribution in [0.3, 0.4) is 0 Å². The lowest BCUT2D eigenvalue weighted by molar-refractivity contribution is -0.879. The molecule has 1 amide bonds. The number of nitrogens with one attached hydrogen (secondary N) is 2. The number of nitrogens with zero attached hydrogens (tertiary/aromatic N) is 4. The van der Waals surface area contributed by atoms with Crippen molar-refractivity contribution in [3.8, 4) is 5.75 Å². The Balaban J connectivity index is 0.000000331. The van der Waals surface area contributed by atoms with Gasteiger partial charge in [0.1, 0.15) is 0 Å². The van der Waals surface area contributed by atoms with Crippen LogP contribution in [0.1, 0.15) is 25.1 Å². The van der Waals surface area contributed by atoms with Crippen LogP contribution in [0.2, 0.25) is 0 Å². The predicted molar refractivity (Wildman–Crippen MR) is 112 cm³/mol. The summed E-state index contributed by atoms with van der Waals surface area (Å²) in [7, 11) is 3.95. The van der Waals surface area contributed by atoms with E-state index in [2.05, 4.69) is 10.5 Å². The number of aryl methyl sites for hydroxylation is 1. The molecule has 0 aliphatic carbocycles. The maximum absolute atomic E-state index is 12.1. The molecular weight excluding hydrogens is 444 g/mol. The van der Waals surface area contributed by atoms with Crippen LogP contribution in [0, 0.1) is 50.1 Å². The Labute approximate surface area is 187 Å². The van der Waals surface area contributed by atoms with Crippen LogP contribution < -0.4 is 15.3 Å². The van der Waals surface area contributed by atoms with E-state index in [1.807, 2.05) is 41.8 Å². The highest BCUT2D eigenvalue weighted by Gasteiger charge is 2.29. The van der Waals surface area contributed by atoms with Gasteiger partial charge in [-0.05, 0) is 13.8 Å². The monoisotopic (exact) mass is 468 g/mol. The Morgan fingerprint density at radius 2 is 1.52 bits per heavy atom. The first-order valence-electron chi connectivity index (χ1n) is 9.50. The Hall–Kier alpha value is -4.14. The molecule has 1 atom stereocenters.